The molecule has 1 saturated carbocycles. The summed E-state index contributed by atoms with van der Waals surface area (Å²) >= 11 is 0. The fraction of sp³-hybridized carbons (Fsp3) is 0.824. The van der Waals surface area contributed by atoms with Crippen molar-refractivity contribution in [2.45, 2.75) is 56.7 Å². The van der Waals surface area contributed by atoms with Crippen molar-refractivity contribution in [2.24, 2.45) is 0 Å². The Bertz CT molecular complexity index is 535. The summed E-state index contributed by atoms with van der Waals surface area (Å²) in [6, 6.07) is 0.866. The summed E-state index contributed by atoms with van der Waals surface area (Å²) in [7, 11) is 0. The SMILES string of the molecule is O=C(C1COCCN1C1CCCC1)N1CCC(n2ccnn2)CC1. The van der Waals surface area contributed by atoms with Crippen LogP contribution in [0.2, 0.25) is 0 Å². The summed E-state index contributed by atoms with van der Waals surface area (Å²) in [5.74, 6) is 0.263. The second-order valence-corrected chi connectivity index (χ2v) is 7.21. The highest BCUT2D eigenvalue weighted by Crippen LogP contribution is 2.28. The van der Waals surface area contributed by atoms with Crippen molar-refractivity contribution in [1.29, 1.82) is 0 Å². The van der Waals surface area contributed by atoms with Gasteiger partial charge in [-0.05, 0) is 25.7 Å². The largest absolute Gasteiger partial charge is 0.378 e. The molecular formula is C17H27N5O2. The normalized spacial score (nSPS) is 27.7. The second-order valence-electron chi connectivity index (χ2n) is 7.21. The van der Waals surface area contributed by atoms with Gasteiger partial charge in [-0.15, -0.1) is 5.10 Å². The van der Waals surface area contributed by atoms with E-state index in [2.05, 4.69) is 15.2 Å². The minimum absolute atomic E-state index is 0.0789. The fourth-order valence-corrected chi connectivity index (χ4v) is 4.48. The number of ether oxygens (including phenoxy) is 1. The number of rotatable bonds is 3. The number of amides is 1. The van der Waals surface area contributed by atoms with Crippen LogP contribution in [0.25, 0.3) is 0 Å². The molecule has 3 fully saturated rings. The molecule has 7 heteroatoms. The number of piperidine rings is 1. The Morgan fingerprint density at radius 2 is 1.83 bits per heavy atom. The van der Waals surface area contributed by atoms with E-state index < -0.39 is 0 Å². The molecule has 24 heavy (non-hydrogen) atoms. The Hall–Kier alpha value is -1.47. The Labute approximate surface area is 142 Å². The van der Waals surface area contributed by atoms with Crippen LogP contribution in [0.3, 0.4) is 0 Å². The minimum atomic E-state index is -0.0789. The van der Waals surface area contributed by atoms with Gasteiger partial charge in [0.25, 0.3) is 0 Å². The lowest BCUT2D eigenvalue weighted by molar-refractivity contribution is -0.146. The molecule has 2 aliphatic heterocycles. The van der Waals surface area contributed by atoms with E-state index >= 15 is 0 Å². The zero-order valence-electron chi connectivity index (χ0n) is 14.2. The first kappa shape index (κ1) is 16.0. The summed E-state index contributed by atoms with van der Waals surface area (Å²) < 4.78 is 7.58. The van der Waals surface area contributed by atoms with Gasteiger partial charge in [-0.1, -0.05) is 18.1 Å². The van der Waals surface area contributed by atoms with E-state index in [-0.39, 0.29) is 11.9 Å². The van der Waals surface area contributed by atoms with E-state index in [0.29, 0.717) is 18.7 Å². The van der Waals surface area contributed by atoms with Gasteiger partial charge in [0, 0.05) is 31.9 Å². The molecule has 0 radical (unpaired) electrons. The van der Waals surface area contributed by atoms with E-state index in [0.717, 1.165) is 39.1 Å². The van der Waals surface area contributed by atoms with Crippen LogP contribution in [0.5, 0.6) is 0 Å². The topological polar surface area (TPSA) is 63.5 Å². The molecule has 3 aliphatic rings. The van der Waals surface area contributed by atoms with Gasteiger partial charge in [0.2, 0.25) is 5.91 Å². The molecule has 1 unspecified atom stereocenters. The molecular weight excluding hydrogens is 306 g/mol. The summed E-state index contributed by atoms with van der Waals surface area (Å²) in [4.78, 5) is 17.6. The highest BCUT2D eigenvalue weighted by Gasteiger charge is 2.38. The van der Waals surface area contributed by atoms with Crippen LogP contribution < -0.4 is 0 Å². The molecule has 132 valence electrons. The lowest BCUT2D eigenvalue weighted by Gasteiger charge is -2.42. The van der Waals surface area contributed by atoms with Crippen molar-refractivity contribution in [1.82, 2.24) is 24.8 Å². The standard InChI is InChI=1S/C17H27N5O2/c23-17(16-13-24-12-11-21(16)14-3-1-2-4-14)20-8-5-15(6-9-20)22-10-7-18-19-22/h7,10,14-16H,1-6,8-9,11-13H2. The third-order valence-electron chi connectivity index (χ3n) is 5.84. The maximum atomic E-state index is 13.1. The summed E-state index contributed by atoms with van der Waals surface area (Å²) in [5.41, 5.74) is 0. The van der Waals surface area contributed by atoms with Gasteiger partial charge in [0.1, 0.15) is 6.04 Å². The first-order chi connectivity index (χ1) is 11.8. The zero-order chi connectivity index (χ0) is 16.4. The number of likely N-dealkylation sites (tertiary alicyclic amines) is 1. The predicted molar refractivity (Wildman–Crippen MR) is 88.4 cm³/mol. The van der Waals surface area contributed by atoms with Crippen LogP contribution in [-0.2, 0) is 9.53 Å². The lowest BCUT2D eigenvalue weighted by atomic mass is 10.0. The summed E-state index contributed by atoms with van der Waals surface area (Å²) in [5, 5.41) is 7.99. The van der Waals surface area contributed by atoms with Crippen molar-refractivity contribution in [3.05, 3.63) is 12.4 Å². The molecule has 0 N–H and O–H groups in total. The van der Waals surface area contributed by atoms with Crippen LogP contribution >= 0.6 is 0 Å². The van der Waals surface area contributed by atoms with Crippen molar-refractivity contribution in [2.75, 3.05) is 32.8 Å². The smallest absolute Gasteiger partial charge is 0.242 e. The molecule has 4 rings (SSSR count). The van der Waals surface area contributed by atoms with Gasteiger partial charge >= 0.3 is 0 Å². The van der Waals surface area contributed by atoms with E-state index in [1.807, 2.05) is 15.8 Å². The van der Waals surface area contributed by atoms with E-state index in [1.165, 1.54) is 25.7 Å². The molecule has 1 aromatic heterocycles. The number of carbonyl (C=O) groups is 1. The average molecular weight is 333 g/mol. The summed E-state index contributed by atoms with van der Waals surface area (Å²) in [6.45, 7) is 3.82. The van der Waals surface area contributed by atoms with E-state index in [9.17, 15) is 4.79 Å². The molecule has 0 aromatic carbocycles. The van der Waals surface area contributed by atoms with Crippen molar-refractivity contribution >= 4 is 5.91 Å². The molecule has 0 spiro atoms. The Morgan fingerprint density at radius 1 is 1.04 bits per heavy atom. The second kappa shape index (κ2) is 7.19. The highest BCUT2D eigenvalue weighted by molar-refractivity contribution is 5.82. The Morgan fingerprint density at radius 3 is 2.54 bits per heavy atom. The maximum Gasteiger partial charge on any atom is 0.242 e. The molecule has 2 saturated heterocycles. The molecule has 1 aliphatic carbocycles. The third kappa shape index (κ3) is 3.19. The van der Waals surface area contributed by atoms with Gasteiger partial charge in [-0.25, -0.2) is 4.68 Å². The lowest BCUT2D eigenvalue weighted by Crippen LogP contribution is -2.58. The third-order valence-corrected chi connectivity index (χ3v) is 5.84. The van der Waals surface area contributed by atoms with Crippen LogP contribution in [-0.4, -0.2) is 75.6 Å². The molecule has 1 atom stereocenters. The number of aromatic nitrogens is 3. The number of hydrogen-bond donors (Lipinski definition) is 0. The van der Waals surface area contributed by atoms with Crippen molar-refractivity contribution in [3.8, 4) is 0 Å². The average Bonchev–Trinajstić information content (AvgIpc) is 3.35. The Balaban J connectivity index is 1.37. The molecule has 1 amide bonds. The van der Waals surface area contributed by atoms with Crippen LogP contribution in [0.15, 0.2) is 12.4 Å². The fourth-order valence-electron chi connectivity index (χ4n) is 4.48. The maximum absolute atomic E-state index is 13.1. The van der Waals surface area contributed by atoms with E-state index in [4.69, 9.17) is 4.74 Å². The van der Waals surface area contributed by atoms with Gasteiger partial charge in [0.15, 0.2) is 0 Å². The first-order valence-electron chi connectivity index (χ1n) is 9.31. The minimum Gasteiger partial charge on any atom is -0.378 e. The predicted octanol–water partition coefficient (Wildman–Crippen LogP) is 1.08. The molecule has 3 heterocycles. The van der Waals surface area contributed by atoms with Crippen molar-refractivity contribution in [3.63, 3.8) is 0 Å². The van der Waals surface area contributed by atoms with Gasteiger partial charge in [-0.2, -0.15) is 0 Å². The van der Waals surface area contributed by atoms with Crippen LogP contribution in [0.1, 0.15) is 44.6 Å². The summed E-state index contributed by atoms with van der Waals surface area (Å²) in [6.07, 6.45) is 10.6. The van der Waals surface area contributed by atoms with Gasteiger partial charge in [-0.3, -0.25) is 9.69 Å². The Kier molecular flexibility index (Phi) is 4.80. The monoisotopic (exact) mass is 333 g/mol. The molecule has 0 bridgehead atoms. The quantitative estimate of drug-likeness (QED) is 0.828. The number of nitrogens with zero attached hydrogens (tertiary/aromatic N) is 5. The molecule has 1 aromatic rings. The van der Waals surface area contributed by atoms with Crippen LogP contribution in [0.4, 0.5) is 0 Å². The van der Waals surface area contributed by atoms with Gasteiger partial charge < -0.3 is 9.64 Å². The van der Waals surface area contributed by atoms with Gasteiger partial charge in [0.05, 0.1) is 25.5 Å². The van der Waals surface area contributed by atoms with Crippen LogP contribution in [0, 0.1) is 0 Å². The first-order valence-corrected chi connectivity index (χ1v) is 9.31. The zero-order valence-corrected chi connectivity index (χ0v) is 14.2. The highest BCUT2D eigenvalue weighted by atomic mass is 16.5. The number of carbonyl (C=O) groups excluding carboxylic acids is 1. The van der Waals surface area contributed by atoms with E-state index in [1.54, 1.807) is 6.20 Å². The van der Waals surface area contributed by atoms with Crippen molar-refractivity contribution < 1.29 is 9.53 Å². The molecule has 7 nitrogen and oxygen atoms in total. The number of morpholine rings is 1. The number of hydrogen-bond acceptors (Lipinski definition) is 5.